The van der Waals surface area contributed by atoms with Gasteiger partial charge in [-0.3, -0.25) is 14.4 Å². The average Bonchev–Trinajstić information content (AvgIpc) is 2.94. The van der Waals surface area contributed by atoms with Crippen molar-refractivity contribution in [3.05, 3.63) is 29.3 Å². The fourth-order valence-electron chi connectivity index (χ4n) is 2.76. The molecule has 1 aromatic rings. The lowest BCUT2D eigenvalue weighted by Gasteiger charge is -2.27. The molecule has 6 nitrogen and oxygen atoms in total. The first-order chi connectivity index (χ1) is 12.5. The van der Waals surface area contributed by atoms with Crippen molar-refractivity contribution in [2.24, 2.45) is 5.92 Å². The Morgan fingerprint density at radius 3 is 2.52 bits per heavy atom. The average molecular weight is 406 g/mol. The first kappa shape index (κ1) is 21.0. The molecule has 2 rings (SSSR count). The van der Waals surface area contributed by atoms with Crippen LogP contribution in [-0.2, 0) is 14.4 Å². The van der Waals surface area contributed by atoms with E-state index in [9.17, 15) is 27.6 Å². The van der Waals surface area contributed by atoms with E-state index in [0.717, 1.165) is 4.90 Å². The highest BCUT2D eigenvalue weighted by Crippen LogP contribution is 2.29. The molecule has 0 radical (unpaired) electrons. The molecule has 1 aliphatic heterocycles. The third-order valence-corrected chi connectivity index (χ3v) is 4.34. The van der Waals surface area contributed by atoms with E-state index in [1.165, 1.54) is 25.1 Å². The minimum atomic E-state index is -4.66. The van der Waals surface area contributed by atoms with Crippen molar-refractivity contribution in [1.82, 2.24) is 9.80 Å². The van der Waals surface area contributed by atoms with Crippen LogP contribution in [0.4, 0.5) is 18.9 Å². The Bertz CT molecular complexity index is 740. The summed E-state index contributed by atoms with van der Waals surface area (Å²) in [5, 5.41) is 0.394. The summed E-state index contributed by atoms with van der Waals surface area (Å²) < 4.78 is 38.6. The number of carbonyl (C=O) groups excluding carboxylic acids is 3. The zero-order chi connectivity index (χ0) is 20.4. The molecule has 1 saturated heterocycles. The topological polar surface area (TPSA) is 60.9 Å². The maximum Gasteiger partial charge on any atom is 0.406 e. The Kier molecular flexibility index (Phi) is 6.35. The molecule has 1 atom stereocenters. The third-order valence-electron chi connectivity index (χ3n) is 4.10. The molecule has 1 heterocycles. The molecule has 0 spiro atoms. The fourth-order valence-corrected chi connectivity index (χ4v) is 2.94. The SMILES string of the molecule is CN(C)C(=O)CN(CC(F)(F)F)C(=O)C1CC(=O)N(c2cccc(Cl)c2)C1. The molecule has 1 fully saturated rings. The molecular weight excluding hydrogens is 387 g/mol. The van der Waals surface area contributed by atoms with Gasteiger partial charge in [-0.25, -0.2) is 0 Å². The summed E-state index contributed by atoms with van der Waals surface area (Å²) in [4.78, 5) is 39.6. The molecule has 1 unspecified atom stereocenters. The summed E-state index contributed by atoms with van der Waals surface area (Å²) in [5.41, 5.74) is 0.467. The lowest BCUT2D eigenvalue weighted by atomic mass is 10.1. The molecule has 10 heteroatoms. The number of benzene rings is 1. The van der Waals surface area contributed by atoms with Gasteiger partial charge in [0.25, 0.3) is 0 Å². The number of halogens is 4. The quantitative estimate of drug-likeness (QED) is 0.754. The highest BCUT2D eigenvalue weighted by Gasteiger charge is 2.41. The first-order valence-electron chi connectivity index (χ1n) is 8.09. The predicted molar refractivity (Wildman–Crippen MR) is 93.2 cm³/mol. The highest BCUT2D eigenvalue weighted by atomic mass is 35.5. The number of likely N-dealkylation sites (N-methyl/N-ethyl adjacent to an activating group) is 1. The normalized spacial score (nSPS) is 17.2. The lowest BCUT2D eigenvalue weighted by Crippen LogP contribution is -2.47. The Morgan fingerprint density at radius 1 is 1.30 bits per heavy atom. The number of hydrogen-bond acceptors (Lipinski definition) is 3. The van der Waals surface area contributed by atoms with E-state index in [-0.39, 0.29) is 18.9 Å². The molecular formula is C17H19ClF3N3O3. The van der Waals surface area contributed by atoms with Gasteiger partial charge in [-0.15, -0.1) is 0 Å². The summed E-state index contributed by atoms with van der Waals surface area (Å²) in [5.74, 6) is -2.86. The van der Waals surface area contributed by atoms with Gasteiger partial charge in [-0.05, 0) is 18.2 Å². The van der Waals surface area contributed by atoms with Crippen molar-refractivity contribution >= 4 is 35.0 Å². The van der Waals surface area contributed by atoms with Crippen molar-refractivity contribution in [3.8, 4) is 0 Å². The molecule has 1 aliphatic rings. The van der Waals surface area contributed by atoms with Crippen LogP contribution in [0.2, 0.25) is 5.02 Å². The van der Waals surface area contributed by atoms with Gasteiger partial charge in [0.15, 0.2) is 0 Å². The van der Waals surface area contributed by atoms with Crippen molar-refractivity contribution < 1.29 is 27.6 Å². The zero-order valence-electron chi connectivity index (χ0n) is 14.8. The molecule has 27 heavy (non-hydrogen) atoms. The van der Waals surface area contributed by atoms with Crippen LogP contribution in [0.15, 0.2) is 24.3 Å². The molecule has 3 amide bonds. The number of rotatable bonds is 5. The van der Waals surface area contributed by atoms with E-state index < -0.39 is 37.0 Å². The molecule has 0 aromatic heterocycles. The van der Waals surface area contributed by atoms with Gasteiger partial charge in [0.2, 0.25) is 17.7 Å². The van der Waals surface area contributed by atoms with Crippen LogP contribution < -0.4 is 4.90 Å². The van der Waals surface area contributed by atoms with Crippen molar-refractivity contribution in [3.63, 3.8) is 0 Å². The van der Waals surface area contributed by atoms with Crippen molar-refractivity contribution in [2.45, 2.75) is 12.6 Å². The maximum atomic E-state index is 12.9. The van der Waals surface area contributed by atoms with E-state index >= 15 is 0 Å². The third kappa shape index (κ3) is 5.59. The molecule has 148 valence electrons. The number of nitrogens with zero attached hydrogens (tertiary/aromatic N) is 3. The second-order valence-electron chi connectivity index (χ2n) is 6.48. The van der Waals surface area contributed by atoms with E-state index in [2.05, 4.69) is 0 Å². The summed E-state index contributed by atoms with van der Waals surface area (Å²) in [6, 6.07) is 6.41. The highest BCUT2D eigenvalue weighted by molar-refractivity contribution is 6.31. The van der Waals surface area contributed by atoms with Crippen LogP contribution in [0.3, 0.4) is 0 Å². The molecule has 0 bridgehead atoms. The molecule has 0 aliphatic carbocycles. The van der Waals surface area contributed by atoms with Crippen molar-refractivity contribution in [1.29, 1.82) is 0 Å². The van der Waals surface area contributed by atoms with Gasteiger partial charge in [0, 0.05) is 37.8 Å². The number of amides is 3. The number of hydrogen-bond donors (Lipinski definition) is 0. The van der Waals surface area contributed by atoms with Gasteiger partial charge < -0.3 is 14.7 Å². The molecule has 1 aromatic carbocycles. The summed E-state index contributed by atoms with van der Waals surface area (Å²) >= 11 is 5.90. The van der Waals surface area contributed by atoms with Crippen LogP contribution >= 0.6 is 11.6 Å². The molecule has 0 N–H and O–H groups in total. The first-order valence-corrected chi connectivity index (χ1v) is 8.47. The number of anilines is 1. The largest absolute Gasteiger partial charge is 0.406 e. The van der Waals surface area contributed by atoms with Crippen molar-refractivity contribution in [2.75, 3.05) is 38.6 Å². The zero-order valence-corrected chi connectivity index (χ0v) is 15.5. The monoisotopic (exact) mass is 405 g/mol. The minimum absolute atomic E-state index is 0.0669. The second kappa shape index (κ2) is 8.16. The van der Waals surface area contributed by atoms with Crippen LogP contribution in [0, 0.1) is 5.92 Å². The smallest absolute Gasteiger partial charge is 0.347 e. The standard InChI is InChI=1S/C17H19ClF3N3O3/c1-22(2)15(26)9-23(10-17(19,20)21)16(27)11-6-14(25)24(8-11)13-5-3-4-12(18)7-13/h3-5,7,11H,6,8-10H2,1-2H3. The van der Waals surface area contributed by atoms with E-state index in [1.54, 1.807) is 18.2 Å². The Labute approximate surface area is 159 Å². The van der Waals surface area contributed by atoms with Gasteiger partial charge in [0.1, 0.15) is 13.1 Å². The maximum absolute atomic E-state index is 12.9. The number of alkyl halides is 3. The van der Waals surface area contributed by atoms with E-state index in [0.29, 0.717) is 15.6 Å². The van der Waals surface area contributed by atoms with Crippen LogP contribution in [-0.4, -0.2) is 67.4 Å². The van der Waals surface area contributed by atoms with E-state index in [4.69, 9.17) is 11.6 Å². The van der Waals surface area contributed by atoms with Crippen LogP contribution in [0.25, 0.3) is 0 Å². The number of carbonyl (C=O) groups is 3. The Hall–Kier alpha value is -2.29. The van der Waals surface area contributed by atoms with E-state index in [1.807, 2.05) is 0 Å². The minimum Gasteiger partial charge on any atom is -0.347 e. The predicted octanol–water partition coefficient (Wildman–Crippen LogP) is 2.17. The summed E-state index contributed by atoms with van der Waals surface area (Å²) in [6.45, 7) is -2.32. The van der Waals surface area contributed by atoms with Gasteiger partial charge in [0.05, 0.1) is 5.92 Å². The Morgan fingerprint density at radius 2 is 1.96 bits per heavy atom. The summed E-state index contributed by atoms with van der Waals surface area (Å²) in [7, 11) is 2.77. The van der Waals surface area contributed by atoms with Gasteiger partial charge in [-0.2, -0.15) is 13.2 Å². The lowest BCUT2D eigenvalue weighted by molar-refractivity contribution is -0.166. The van der Waals surface area contributed by atoms with Crippen LogP contribution in [0.5, 0.6) is 0 Å². The van der Waals surface area contributed by atoms with Gasteiger partial charge >= 0.3 is 6.18 Å². The van der Waals surface area contributed by atoms with Crippen LogP contribution in [0.1, 0.15) is 6.42 Å². The molecule has 0 saturated carbocycles. The Balaban J connectivity index is 2.17. The summed E-state index contributed by atoms with van der Waals surface area (Å²) in [6.07, 6.45) is -4.88. The second-order valence-corrected chi connectivity index (χ2v) is 6.92. The van der Waals surface area contributed by atoms with Gasteiger partial charge in [-0.1, -0.05) is 17.7 Å². The fraction of sp³-hybridized carbons (Fsp3) is 0.471.